The molecule has 0 aliphatic heterocycles. The van der Waals surface area contributed by atoms with Gasteiger partial charge in [-0.15, -0.1) is 0 Å². The Morgan fingerprint density at radius 2 is 1.96 bits per heavy atom. The summed E-state index contributed by atoms with van der Waals surface area (Å²) in [5.41, 5.74) is 2.60. The predicted octanol–water partition coefficient (Wildman–Crippen LogP) is 3.85. The summed E-state index contributed by atoms with van der Waals surface area (Å²) >= 11 is 5.84. The molecular weight excluding hydrogens is 376 g/mol. The van der Waals surface area contributed by atoms with Crippen LogP contribution in [0.2, 0.25) is 5.02 Å². The maximum absolute atomic E-state index is 12.3. The molecule has 1 aromatic heterocycles. The standard InChI is InChI=1S/C21H21ClN4O2/c1-12(21(28)24-15-8-6-14(22)7-9-15)23-19(27)11-13-10-16(13)20-25-17-4-2-3-5-18(17)26-20/h2-9,12-13,16H,10-11H2,1H3,(H,23,27)(H,24,28)(H,25,26)/t12?,13-,16+/m0/s1. The van der Waals surface area contributed by atoms with E-state index in [-0.39, 0.29) is 23.7 Å². The van der Waals surface area contributed by atoms with Crippen molar-refractivity contribution in [2.24, 2.45) is 5.92 Å². The lowest BCUT2D eigenvalue weighted by molar-refractivity contribution is -0.126. The fourth-order valence-electron chi connectivity index (χ4n) is 3.34. The molecule has 4 rings (SSSR count). The van der Waals surface area contributed by atoms with E-state index in [0.29, 0.717) is 17.1 Å². The number of nitrogens with zero attached hydrogens (tertiary/aromatic N) is 1. The predicted molar refractivity (Wildman–Crippen MR) is 109 cm³/mol. The van der Waals surface area contributed by atoms with Crippen LogP contribution in [0.5, 0.6) is 0 Å². The van der Waals surface area contributed by atoms with Gasteiger partial charge in [0, 0.05) is 23.0 Å². The summed E-state index contributed by atoms with van der Waals surface area (Å²) in [6.07, 6.45) is 1.32. The Balaban J connectivity index is 1.27. The summed E-state index contributed by atoms with van der Waals surface area (Å²) < 4.78 is 0. The van der Waals surface area contributed by atoms with E-state index < -0.39 is 6.04 Å². The molecule has 3 atom stereocenters. The van der Waals surface area contributed by atoms with Gasteiger partial charge in [0.2, 0.25) is 11.8 Å². The highest BCUT2D eigenvalue weighted by atomic mass is 35.5. The number of benzene rings is 2. The molecule has 0 spiro atoms. The number of amides is 2. The Morgan fingerprint density at radius 3 is 2.71 bits per heavy atom. The van der Waals surface area contributed by atoms with Crippen molar-refractivity contribution >= 4 is 40.1 Å². The lowest BCUT2D eigenvalue weighted by atomic mass is 10.2. The molecular formula is C21H21ClN4O2. The largest absolute Gasteiger partial charge is 0.345 e. The van der Waals surface area contributed by atoms with Crippen molar-refractivity contribution in [2.75, 3.05) is 5.32 Å². The van der Waals surface area contributed by atoms with Crippen LogP contribution in [-0.4, -0.2) is 27.8 Å². The molecule has 1 unspecified atom stereocenters. The van der Waals surface area contributed by atoms with Crippen LogP contribution in [0.25, 0.3) is 11.0 Å². The average Bonchev–Trinajstić information content (AvgIpc) is 3.29. The Hall–Kier alpha value is -2.86. The van der Waals surface area contributed by atoms with Crippen LogP contribution in [0, 0.1) is 5.92 Å². The number of carbonyl (C=O) groups is 2. The van der Waals surface area contributed by atoms with Gasteiger partial charge in [0.25, 0.3) is 0 Å². The van der Waals surface area contributed by atoms with Crippen LogP contribution in [0.3, 0.4) is 0 Å². The van der Waals surface area contributed by atoms with Gasteiger partial charge in [0.05, 0.1) is 11.0 Å². The number of aromatic nitrogens is 2. The Morgan fingerprint density at radius 1 is 1.21 bits per heavy atom. The minimum absolute atomic E-state index is 0.123. The van der Waals surface area contributed by atoms with Gasteiger partial charge in [-0.05, 0) is 55.7 Å². The van der Waals surface area contributed by atoms with E-state index in [1.54, 1.807) is 31.2 Å². The second-order valence-electron chi connectivity index (χ2n) is 7.23. The van der Waals surface area contributed by atoms with Crippen molar-refractivity contribution in [3.05, 3.63) is 59.4 Å². The van der Waals surface area contributed by atoms with E-state index in [9.17, 15) is 9.59 Å². The first-order chi connectivity index (χ1) is 13.5. The molecule has 3 N–H and O–H groups in total. The zero-order valence-electron chi connectivity index (χ0n) is 15.4. The molecule has 1 aliphatic carbocycles. The summed E-state index contributed by atoms with van der Waals surface area (Å²) in [6, 6.07) is 14.1. The molecule has 7 heteroatoms. The highest BCUT2D eigenvalue weighted by molar-refractivity contribution is 6.30. The van der Waals surface area contributed by atoms with E-state index in [1.165, 1.54) is 0 Å². The quantitative estimate of drug-likeness (QED) is 0.591. The van der Waals surface area contributed by atoms with Gasteiger partial charge >= 0.3 is 0 Å². The number of fused-ring (bicyclic) bond motifs is 1. The molecule has 0 radical (unpaired) electrons. The molecule has 0 bridgehead atoms. The van der Waals surface area contributed by atoms with E-state index in [4.69, 9.17) is 11.6 Å². The van der Waals surface area contributed by atoms with Gasteiger partial charge in [-0.2, -0.15) is 0 Å². The van der Waals surface area contributed by atoms with Crippen molar-refractivity contribution in [1.29, 1.82) is 0 Å². The molecule has 1 saturated carbocycles. The normalized spacial score (nSPS) is 19.2. The molecule has 2 amide bonds. The molecule has 6 nitrogen and oxygen atoms in total. The summed E-state index contributed by atoms with van der Waals surface area (Å²) in [4.78, 5) is 32.5. The van der Waals surface area contributed by atoms with Crippen molar-refractivity contribution in [1.82, 2.24) is 15.3 Å². The van der Waals surface area contributed by atoms with E-state index in [1.807, 2.05) is 24.3 Å². The van der Waals surface area contributed by atoms with Crippen molar-refractivity contribution in [2.45, 2.75) is 31.7 Å². The molecule has 144 valence electrons. The zero-order valence-corrected chi connectivity index (χ0v) is 16.2. The lowest BCUT2D eigenvalue weighted by Crippen LogP contribution is -2.41. The summed E-state index contributed by atoms with van der Waals surface area (Å²) in [7, 11) is 0. The number of aromatic amines is 1. The molecule has 3 aromatic rings. The van der Waals surface area contributed by atoms with Crippen LogP contribution in [0.1, 0.15) is 31.5 Å². The molecule has 0 saturated heterocycles. The Labute approximate surface area is 167 Å². The fourth-order valence-corrected chi connectivity index (χ4v) is 3.47. The van der Waals surface area contributed by atoms with Crippen molar-refractivity contribution in [3.8, 4) is 0 Å². The number of rotatable bonds is 6. The zero-order chi connectivity index (χ0) is 19.7. The molecule has 1 aliphatic rings. The highest BCUT2D eigenvalue weighted by Gasteiger charge is 2.42. The van der Waals surface area contributed by atoms with Crippen LogP contribution < -0.4 is 10.6 Å². The van der Waals surface area contributed by atoms with Gasteiger partial charge in [0.1, 0.15) is 11.9 Å². The van der Waals surface area contributed by atoms with Crippen LogP contribution >= 0.6 is 11.6 Å². The third kappa shape index (κ3) is 4.17. The number of halogens is 1. The smallest absolute Gasteiger partial charge is 0.246 e. The third-order valence-corrected chi connectivity index (χ3v) is 5.26. The van der Waals surface area contributed by atoms with Gasteiger partial charge in [-0.1, -0.05) is 23.7 Å². The van der Waals surface area contributed by atoms with Gasteiger partial charge < -0.3 is 15.6 Å². The Kier molecular flexibility index (Phi) is 5.05. The summed E-state index contributed by atoms with van der Waals surface area (Å²) in [5, 5.41) is 6.14. The number of nitrogens with one attached hydrogen (secondary N) is 3. The maximum atomic E-state index is 12.3. The van der Waals surface area contributed by atoms with E-state index in [0.717, 1.165) is 23.3 Å². The lowest BCUT2D eigenvalue weighted by Gasteiger charge is -2.14. The van der Waals surface area contributed by atoms with Gasteiger partial charge in [-0.3, -0.25) is 9.59 Å². The highest BCUT2D eigenvalue weighted by Crippen LogP contribution is 2.48. The van der Waals surface area contributed by atoms with Gasteiger partial charge in [-0.25, -0.2) is 4.98 Å². The second kappa shape index (κ2) is 7.64. The Bertz CT molecular complexity index is 982. The number of hydrogen-bond acceptors (Lipinski definition) is 3. The monoisotopic (exact) mass is 396 g/mol. The summed E-state index contributed by atoms with van der Waals surface area (Å²) in [6.45, 7) is 1.67. The minimum atomic E-state index is -0.619. The number of imidazole rings is 1. The molecule has 1 fully saturated rings. The molecule has 28 heavy (non-hydrogen) atoms. The third-order valence-electron chi connectivity index (χ3n) is 5.01. The maximum Gasteiger partial charge on any atom is 0.246 e. The van der Waals surface area contributed by atoms with Crippen molar-refractivity contribution in [3.63, 3.8) is 0 Å². The second-order valence-corrected chi connectivity index (χ2v) is 7.67. The molecule has 1 heterocycles. The first-order valence-corrected chi connectivity index (χ1v) is 9.68. The summed E-state index contributed by atoms with van der Waals surface area (Å²) in [5.74, 6) is 1.08. The topological polar surface area (TPSA) is 86.9 Å². The van der Waals surface area contributed by atoms with Crippen LogP contribution in [-0.2, 0) is 9.59 Å². The van der Waals surface area contributed by atoms with Crippen LogP contribution in [0.15, 0.2) is 48.5 Å². The number of para-hydroxylation sites is 2. The van der Waals surface area contributed by atoms with Crippen molar-refractivity contribution < 1.29 is 9.59 Å². The number of hydrogen-bond donors (Lipinski definition) is 3. The minimum Gasteiger partial charge on any atom is -0.345 e. The first kappa shape index (κ1) is 18.5. The SMILES string of the molecule is CC(NC(=O)C[C@@H]1C[C@H]1c1nc2ccccc2[nH]1)C(=O)Nc1ccc(Cl)cc1. The van der Waals surface area contributed by atoms with E-state index >= 15 is 0 Å². The van der Waals surface area contributed by atoms with Gasteiger partial charge in [0.15, 0.2) is 0 Å². The van der Waals surface area contributed by atoms with Crippen LogP contribution in [0.4, 0.5) is 5.69 Å². The fraction of sp³-hybridized carbons (Fsp3) is 0.286. The number of H-pyrrole nitrogens is 1. The molecule has 2 aromatic carbocycles. The average molecular weight is 397 g/mol. The number of carbonyl (C=O) groups excluding carboxylic acids is 2. The first-order valence-electron chi connectivity index (χ1n) is 9.30. The van der Waals surface area contributed by atoms with E-state index in [2.05, 4.69) is 20.6 Å². The number of anilines is 1.